The lowest BCUT2D eigenvalue weighted by atomic mass is 10.0. The number of thiophene rings is 1. The van der Waals surface area contributed by atoms with Crippen LogP contribution in [0.4, 0.5) is 9.39 Å². The van der Waals surface area contributed by atoms with E-state index < -0.39 is 5.97 Å². The molecule has 0 atom stereocenters. The topological polar surface area (TPSA) is 55.4 Å². The van der Waals surface area contributed by atoms with Crippen LogP contribution in [0.3, 0.4) is 0 Å². The number of benzene rings is 1. The minimum absolute atomic E-state index is 0.0981. The van der Waals surface area contributed by atoms with E-state index in [-0.39, 0.29) is 18.3 Å². The number of halogens is 1. The Morgan fingerprint density at radius 2 is 1.60 bits per heavy atom. The van der Waals surface area contributed by atoms with Crippen molar-refractivity contribution in [1.82, 2.24) is 0 Å². The summed E-state index contributed by atoms with van der Waals surface area (Å²) in [4.78, 5) is 24.9. The molecule has 1 N–H and O–H groups in total. The van der Waals surface area contributed by atoms with Gasteiger partial charge >= 0.3 is 5.97 Å². The molecule has 0 fully saturated rings. The number of esters is 1. The zero-order valence-electron chi connectivity index (χ0n) is 18.0. The number of ether oxygens (including phenoxy) is 1. The first-order valence-corrected chi connectivity index (χ1v) is 11.8. The molecule has 0 radical (unpaired) electrons. The predicted molar refractivity (Wildman–Crippen MR) is 122 cm³/mol. The van der Waals surface area contributed by atoms with Gasteiger partial charge in [0, 0.05) is 17.4 Å². The minimum Gasteiger partial charge on any atom is -0.462 e. The highest BCUT2D eigenvalue weighted by molar-refractivity contribution is 7.15. The van der Waals surface area contributed by atoms with Crippen LogP contribution in [-0.4, -0.2) is 18.5 Å². The highest BCUT2D eigenvalue weighted by atomic mass is 32.1. The molecule has 0 unspecified atom stereocenters. The Bertz CT molecular complexity index is 801. The van der Waals surface area contributed by atoms with Crippen molar-refractivity contribution in [3.8, 4) is 11.1 Å². The SMILES string of the molecule is CCCCCCCCCCC(=O)Nc1scc(-c2ccc(F)cc2)c1C(=O)OCC. The van der Waals surface area contributed by atoms with Crippen LogP contribution in [0.5, 0.6) is 0 Å². The number of amides is 1. The number of carbonyl (C=O) groups is 2. The highest BCUT2D eigenvalue weighted by Crippen LogP contribution is 2.36. The van der Waals surface area contributed by atoms with E-state index in [9.17, 15) is 14.0 Å². The summed E-state index contributed by atoms with van der Waals surface area (Å²) in [7, 11) is 0. The molecule has 2 aromatic rings. The van der Waals surface area contributed by atoms with Crippen LogP contribution in [0.15, 0.2) is 29.6 Å². The maximum Gasteiger partial charge on any atom is 0.341 e. The van der Waals surface area contributed by atoms with Crippen LogP contribution >= 0.6 is 11.3 Å². The molecule has 0 aliphatic rings. The fourth-order valence-electron chi connectivity index (χ4n) is 3.31. The standard InChI is InChI=1S/C24H32FNO3S/c1-3-5-6-7-8-9-10-11-12-21(27)26-23-22(24(28)29-4-2)20(17-30-23)18-13-15-19(25)16-14-18/h13-17H,3-12H2,1-2H3,(H,26,27). The van der Waals surface area contributed by atoms with E-state index in [1.54, 1.807) is 24.4 Å². The molecule has 6 heteroatoms. The lowest BCUT2D eigenvalue weighted by molar-refractivity contribution is -0.116. The van der Waals surface area contributed by atoms with Gasteiger partial charge in [-0.3, -0.25) is 4.79 Å². The molecule has 4 nitrogen and oxygen atoms in total. The Labute approximate surface area is 182 Å². The van der Waals surface area contributed by atoms with Crippen molar-refractivity contribution in [3.63, 3.8) is 0 Å². The van der Waals surface area contributed by atoms with Gasteiger partial charge in [-0.05, 0) is 31.0 Å². The molecular formula is C24H32FNO3S. The number of anilines is 1. The van der Waals surface area contributed by atoms with Gasteiger partial charge in [-0.25, -0.2) is 9.18 Å². The zero-order chi connectivity index (χ0) is 21.8. The second-order valence-electron chi connectivity index (χ2n) is 7.35. The maximum absolute atomic E-state index is 13.3. The first kappa shape index (κ1) is 24.1. The molecule has 2 rings (SSSR count). The van der Waals surface area contributed by atoms with Gasteiger partial charge in [0.15, 0.2) is 0 Å². The van der Waals surface area contributed by atoms with Gasteiger partial charge in [0.25, 0.3) is 0 Å². The van der Waals surface area contributed by atoms with E-state index in [1.165, 1.54) is 55.6 Å². The van der Waals surface area contributed by atoms with E-state index >= 15 is 0 Å². The molecule has 1 aromatic carbocycles. The number of rotatable bonds is 13. The maximum atomic E-state index is 13.3. The Morgan fingerprint density at radius 1 is 0.967 bits per heavy atom. The van der Waals surface area contributed by atoms with Crippen LogP contribution in [0.2, 0.25) is 0 Å². The number of hydrogen-bond acceptors (Lipinski definition) is 4. The summed E-state index contributed by atoms with van der Waals surface area (Å²) in [5.74, 6) is -0.926. The molecule has 0 saturated heterocycles. The number of nitrogens with one attached hydrogen (secondary N) is 1. The zero-order valence-corrected chi connectivity index (χ0v) is 18.8. The van der Waals surface area contributed by atoms with Crippen molar-refractivity contribution in [2.75, 3.05) is 11.9 Å². The van der Waals surface area contributed by atoms with E-state index in [4.69, 9.17) is 4.74 Å². The van der Waals surface area contributed by atoms with E-state index in [0.717, 1.165) is 19.3 Å². The summed E-state index contributed by atoms with van der Waals surface area (Å²) in [5, 5.41) is 5.16. The fraction of sp³-hybridized carbons (Fsp3) is 0.500. The van der Waals surface area contributed by atoms with Gasteiger partial charge < -0.3 is 10.1 Å². The number of carbonyl (C=O) groups excluding carboxylic acids is 2. The van der Waals surface area contributed by atoms with Crippen molar-refractivity contribution in [2.24, 2.45) is 0 Å². The van der Waals surface area contributed by atoms with E-state index in [2.05, 4.69) is 12.2 Å². The van der Waals surface area contributed by atoms with E-state index in [1.807, 2.05) is 0 Å². The van der Waals surface area contributed by atoms with Gasteiger partial charge in [-0.2, -0.15) is 0 Å². The summed E-state index contributed by atoms with van der Waals surface area (Å²) in [6, 6.07) is 5.93. The van der Waals surface area contributed by atoms with Crippen LogP contribution in [0.1, 0.15) is 82.0 Å². The first-order chi connectivity index (χ1) is 14.6. The van der Waals surface area contributed by atoms with Crippen LogP contribution in [-0.2, 0) is 9.53 Å². The molecule has 0 aliphatic heterocycles. The molecule has 164 valence electrons. The summed E-state index contributed by atoms with van der Waals surface area (Å²) in [6.45, 7) is 4.19. The van der Waals surface area contributed by atoms with Gasteiger partial charge in [0.05, 0.1) is 6.61 Å². The highest BCUT2D eigenvalue weighted by Gasteiger charge is 2.22. The monoisotopic (exact) mass is 433 g/mol. The minimum atomic E-state index is -0.486. The van der Waals surface area contributed by atoms with Crippen molar-refractivity contribution in [2.45, 2.75) is 71.6 Å². The fourth-order valence-corrected chi connectivity index (χ4v) is 4.28. The van der Waals surface area contributed by atoms with Gasteiger partial charge in [-0.1, -0.05) is 64.0 Å². The smallest absolute Gasteiger partial charge is 0.341 e. The third kappa shape index (κ3) is 7.56. The van der Waals surface area contributed by atoms with Crippen LogP contribution in [0, 0.1) is 5.82 Å². The van der Waals surface area contributed by atoms with Crippen molar-refractivity contribution < 1.29 is 18.7 Å². The third-order valence-corrected chi connectivity index (χ3v) is 5.83. The first-order valence-electron chi connectivity index (χ1n) is 10.9. The molecule has 30 heavy (non-hydrogen) atoms. The average molecular weight is 434 g/mol. The molecule has 0 aliphatic carbocycles. The number of hydrogen-bond donors (Lipinski definition) is 1. The lowest BCUT2D eigenvalue weighted by Crippen LogP contribution is -2.14. The summed E-state index contributed by atoms with van der Waals surface area (Å²) in [6.07, 6.45) is 9.79. The molecule has 1 heterocycles. The average Bonchev–Trinajstić information content (AvgIpc) is 3.14. The Morgan fingerprint density at radius 3 is 2.23 bits per heavy atom. The summed E-state index contributed by atoms with van der Waals surface area (Å²) in [5.41, 5.74) is 1.68. The van der Waals surface area contributed by atoms with Crippen LogP contribution < -0.4 is 5.32 Å². The van der Waals surface area contributed by atoms with Crippen molar-refractivity contribution >= 4 is 28.2 Å². The Hall–Kier alpha value is -2.21. The quantitative estimate of drug-likeness (QED) is 0.268. The van der Waals surface area contributed by atoms with Crippen molar-refractivity contribution in [1.29, 1.82) is 0 Å². The lowest BCUT2D eigenvalue weighted by Gasteiger charge is -2.09. The van der Waals surface area contributed by atoms with Gasteiger partial charge in [0.1, 0.15) is 16.4 Å². The normalized spacial score (nSPS) is 10.8. The summed E-state index contributed by atoms with van der Waals surface area (Å²) >= 11 is 1.29. The van der Waals surface area contributed by atoms with Crippen molar-refractivity contribution in [3.05, 3.63) is 41.0 Å². The molecule has 0 spiro atoms. The number of unbranched alkanes of at least 4 members (excludes halogenated alkanes) is 7. The van der Waals surface area contributed by atoms with Gasteiger partial charge in [-0.15, -0.1) is 11.3 Å². The largest absolute Gasteiger partial charge is 0.462 e. The third-order valence-electron chi connectivity index (χ3n) is 4.94. The van der Waals surface area contributed by atoms with Gasteiger partial charge in [0.2, 0.25) is 5.91 Å². The second-order valence-corrected chi connectivity index (χ2v) is 8.23. The summed E-state index contributed by atoms with van der Waals surface area (Å²) < 4.78 is 18.5. The second kappa shape index (κ2) is 13.2. The molecule has 1 aromatic heterocycles. The Kier molecular flexibility index (Phi) is 10.6. The predicted octanol–water partition coefficient (Wildman–Crippen LogP) is 7.20. The molecule has 0 bridgehead atoms. The van der Waals surface area contributed by atoms with Crippen LogP contribution in [0.25, 0.3) is 11.1 Å². The Balaban J connectivity index is 1.95. The molecule has 0 saturated carbocycles. The molecule has 1 amide bonds. The molecular weight excluding hydrogens is 401 g/mol. The van der Waals surface area contributed by atoms with E-state index in [0.29, 0.717) is 28.1 Å².